The first kappa shape index (κ1) is 26.6. The molecule has 4 aromatic rings. The predicted octanol–water partition coefficient (Wildman–Crippen LogP) is 9.12. The van der Waals surface area contributed by atoms with Gasteiger partial charge in [0.1, 0.15) is 23.3 Å². The number of benzene rings is 4. The fourth-order valence-electron chi connectivity index (χ4n) is 5.80. The van der Waals surface area contributed by atoms with Crippen molar-refractivity contribution in [1.29, 1.82) is 0 Å². The summed E-state index contributed by atoms with van der Waals surface area (Å²) >= 11 is 0. The van der Waals surface area contributed by atoms with Gasteiger partial charge in [0.25, 0.3) is 0 Å². The van der Waals surface area contributed by atoms with E-state index in [1.807, 2.05) is 12.1 Å². The van der Waals surface area contributed by atoms with Gasteiger partial charge in [0, 0.05) is 48.2 Å². The molecule has 0 radical (unpaired) electrons. The summed E-state index contributed by atoms with van der Waals surface area (Å²) in [6.45, 7) is 0. The van der Waals surface area contributed by atoms with Crippen molar-refractivity contribution in [2.45, 2.75) is 49.5 Å². The molecule has 39 heavy (non-hydrogen) atoms. The first-order valence-electron chi connectivity index (χ1n) is 13.4. The van der Waals surface area contributed by atoms with Gasteiger partial charge in [0.2, 0.25) is 0 Å². The molecule has 0 unspecified atom stereocenters. The molecule has 7 heteroatoms. The van der Waals surface area contributed by atoms with Crippen LogP contribution in [0.1, 0.15) is 54.5 Å². The third kappa shape index (κ3) is 5.30. The highest BCUT2D eigenvalue weighted by Crippen LogP contribution is 2.77. The van der Waals surface area contributed by atoms with Crippen molar-refractivity contribution in [1.82, 2.24) is 4.44 Å². The zero-order valence-corrected chi connectivity index (χ0v) is 23.1. The molecule has 200 valence electrons. The lowest BCUT2D eigenvalue weighted by Crippen LogP contribution is -2.40. The molecule has 0 N–H and O–H groups in total. The Morgan fingerprint density at radius 2 is 1.05 bits per heavy atom. The fourth-order valence-corrected chi connectivity index (χ4v) is 13.6. The summed E-state index contributed by atoms with van der Waals surface area (Å²) in [4.78, 5) is 0. The average Bonchev–Trinajstić information content (AvgIpc) is 3.35. The van der Waals surface area contributed by atoms with Gasteiger partial charge in [-0.05, 0) is 69.1 Å². The van der Waals surface area contributed by atoms with Crippen LogP contribution >= 0.6 is 16.1 Å². The summed E-state index contributed by atoms with van der Waals surface area (Å²) in [6.07, 6.45) is 4.87. The average molecular weight is 566 g/mol. The normalized spacial score (nSPS) is 20.1. The lowest BCUT2D eigenvalue weighted by atomic mass is 9.94. The van der Waals surface area contributed by atoms with Gasteiger partial charge in [-0.25, -0.2) is 22.0 Å². The van der Waals surface area contributed by atoms with Crippen molar-refractivity contribution in [2.24, 2.45) is 0 Å². The lowest BCUT2D eigenvalue weighted by molar-refractivity contribution is 0.314. The predicted molar refractivity (Wildman–Crippen MR) is 153 cm³/mol. The van der Waals surface area contributed by atoms with E-state index in [1.54, 1.807) is 0 Å². The van der Waals surface area contributed by atoms with Gasteiger partial charge in [0.15, 0.2) is 0 Å². The largest absolute Gasteiger partial charge is 0.248 e. The molecule has 0 spiro atoms. The second-order valence-electron chi connectivity index (χ2n) is 10.2. The molecule has 0 aromatic heterocycles. The van der Waals surface area contributed by atoms with Crippen molar-refractivity contribution in [3.8, 4) is 0 Å². The van der Waals surface area contributed by atoms with E-state index in [0.717, 1.165) is 44.2 Å². The van der Waals surface area contributed by atoms with Crippen LogP contribution in [0, 0.1) is 23.3 Å². The van der Waals surface area contributed by atoms with Crippen molar-refractivity contribution < 1.29 is 17.6 Å². The molecule has 4 aromatic carbocycles. The molecule has 1 heterocycles. The van der Waals surface area contributed by atoms with Crippen LogP contribution in [0.5, 0.6) is 0 Å². The molecular formula is C32H29F4NP2. The highest BCUT2D eigenvalue weighted by Gasteiger charge is 2.48. The Morgan fingerprint density at radius 1 is 0.590 bits per heavy atom. The van der Waals surface area contributed by atoms with E-state index in [-0.39, 0.29) is 28.0 Å². The third-order valence-corrected chi connectivity index (χ3v) is 14.6. The Balaban J connectivity index is 1.57. The fraction of sp³-hybridized carbons (Fsp3) is 0.250. The molecule has 1 aliphatic heterocycles. The van der Waals surface area contributed by atoms with Crippen molar-refractivity contribution in [3.05, 3.63) is 131 Å². The number of hydrogen-bond donors (Lipinski definition) is 0. The lowest BCUT2D eigenvalue weighted by Gasteiger charge is -2.49. The molecule has 2 fully saturated rings. The highest BCUT2D eigenvalue weighted by atomic mass is 31.2. The van der Waals surface area contributed by atoms with Crippen LogP contribution in [0.4, 0.5) is 17.6 Å². The Bertz CT molecular complexity index is 1330. The SMILES string of the molecule is Fc1ccc(P(c2ccc(F)cc2F)N(C2CCC2)P2[C@H](c3ccccc3)CC[C@H]2c2ccccc2)c(F)c1. The van der Waals surface area contributed by atoms with E-state index < -0.39 is 39.4 Å². The van der Waals surface area contributed by atoms with Crippen LogP contribution in [-0.2, 0) is 0 Å². The summed E-state index contributed by atoms with van der Waals surface area (Å²) in [5.74, 6) is -2.71. The quantitative estimate of drug-likeness (QED) is 0.160. The van der Waals surface area contributed by atoms with Crippen LogP contribution < -0.4 is 10.6 Å². The molecule has 1 saturated carbocycles. The van der Waals surface area contributed by atoms with Gasteiger partial charge in [-0.15, -0.1) is 0 Å². The molecule has 1 nitrogen and oxygen atoms in total. The maximum absolute atomic E-state index is 15.6. The molecule has 0 amide bonds. The second kappa shape index (κ2) is 11.5. The van der Waals surface area contributed by atoms with Gasteiger partial charge in [0.05, 0.1) is 0 Å². The van der Waals surface area contributed by atoms with Crippen molar-refractivity contribution >= 4 is 26.8 Å². The molecule has 2 atom stereocenters. The summed E-state index contributed by atoms with van der Waals surface area (Å²) in [5, 5.41) is 0.577. The summed E-state index contributed by atoms with van der Waals surface area (Å²) in [6, 6.07) is 28.2. The van der Waals surface area contributed by atoms with Gasteiger partial charge < -0.3 is 0 Å². The minimum Gasteiger partial charge on any atom is -0.248 e. The van der Waals surface area contributed by atoms with Crippen molar-refractivity contribution in [3.63, 3.8) is 0 Å². The zero-order valence-electron chi connectivity index (χ0n) is 21.4. The third-order valence-electron chi connectivity index (χ3n) is 7.84. The summed E-state index contributed by atoms with van der Waals surface area (Å²) < 4.78 is 61.9. The first-order valence-corrected chi connectivity index (χ1v) is 16.1. The van der Waals surface area contributed by atoms with Crippen LogP contribution in [0.15, 0.2) is 97.1 Å². The van der Waals surface area contributed by atoms with Crippen LogP contribution in [0.25, 0.3) is 0 Å². The number of halogens is 4. The Kier molecular flexibility index (Phi) is 7.85. The van der Waals surface area contributed by atoms with Gasteiger partial charge in [-0.1, -0.05) is 67.1 Å². The minimum absolute atomic E-state index is 0.145. The molecule has 1 saturated heterocycles. The highest BCUT2D eigenvalue weighted by molar-refractivity contribution is 7.79. The zero-order chi connectivity index (χ0) is 26.9. The Labute approximate surface area is 229 Å². The topological polar surface area (TPSA) is 3.24 Å². The summed E-state index contributed by atoms with van der Waals surface area (Å²) in [5.41, 5.74) is 2.90. The van der Waals surface area contributed by atoms with E-state index in [0.29, 0.717) is 0 Å². The second-order valence-corrected chi connectivity index (χ2v) is 15.0. The van der Waals surface area contributed by atoms with Gasteiger partial charge in [-0.2, -0.15) is 0 Å². The van der Waals surface area contributed by atoms with Crippen molar-refractivity contribution in [2.75, 3.05) is 0 Å². The summed E-state index contributed by atoms with van der Waals surface area (Å²) in [7, 11) is -2.71. The number of nitrogens with zero attached hydrogens (tertiary/aromatic N) is 1. The number of rotatable bonds is 7. The van der Waals surface area contributed by atoms with E-state index >= 15 is 8.78 Å². The van der Waals surface area contributed by atoms with Crippen LogP contribution in [0.2, 0.25) is 0 Å². The number of hydrogen-bond acceptors (Lipinski definition) is 1. The van der Waals surface area contributed by atoms with E-state index in [1.165, 1.54) is 35.4 Å². The smallest absolute Gasteiger partial charge is 0.135 e. The maximum Gasteiger partial charge on any atom is 0.135 e. The molecule has 2 aliphatic rings. The van der Waals surface area contributed by atoms with Gasteiger partial charge >= 0.3 is 0 Å². The maximum atomic E-state index is 15.6. The minimum atomic E-state index is -1.74. The monoisotopic (exact) mass is 565 g/mol. The van der Waals surface area contributed by atoms with Crippen LogP contribution in [-0.4, -0.2) is 10.5 Å². The molecule has 0 bridgehead atoms. The molecule has 6 rings (SSSR count). The van der Waals surface area contributed by atoms with Gasteiger partial charge in [-0.3, -0.25) is 0 Å². The first-order chi connectivity index (χ1) is 19.0. The molecule has 1 aliphatic carbocycles. The molecular weight excluding hydrogens is 536 g/mol. The Morgan fingerprint density at radius 3 is 1.44 bits per heavy atom. The Hall–Kier alpha value is -2.58. The van der Waals surface area contributed by atoms with Crippen LogP contribution in [0.3, 0.4) is 0 Å². The standard InChI is InChI=1S/C32H29F4NP2/c33-24-14-16-31(27(35)20-24)39(32-17-15-25(34)21-28(32)36)37(26-12-7-13-26)38-29(22-8-3-1-4-9-22)18-19-30(38)23-10-5-2-6-11-23/h1-6,8-11,14-17,20-21,26,29-30H,7,12-13,18-19H2/t29-,30-/m0/s1. The van der Waals surface area contributed by atoms with E-state index in [9.17, 15) is 8.78 Å². The van der Waals surface area contributed by atoms with E-state index in [2.05, 4.69) is 53.0 Å². The van der Waals surface area contributed by atoms with E-state index in [4.69, 9.17) is 0 Å².